The molecule has 0 atom stereocenters. The molecular weight excluding hydrogens is 705 g/mol. The first-order chi connectivity index (χ1) is 12.3. The van der Waals surface area contributed by atoms with Crippen LogP contribution in [0.2, 0.25) is 125 Å². The van der Waals surface area contributed by atoms with Gasteiger partial charge in [-0.25, -0.2) is 0 Å². The van der Waals surface area contributed by atoms with Crippen molar-refractivity contribution in [2.75, 3.05) is 0 Å². The molecular formula is C20H60ClIn2PSi6+. The van der Waals surface area contributed by atoms with E-state index < -0.39 is 51.9 Å². The monoisotopic (exact) mass is 764 g/mol. The van der Waals surface area contributed by atoms with Gasteiger partial charge in [-0.15, -0.1) is 0 Å². The van der Waals surface area contributed by atoms with Crippen LogP contribution in [0.4, 0.5) is 0 Å². The average molecular weight is 765 g/mol. The summed E-state index contributed by atoms with van der Waals surface area (Å²) in [4.78, 5) is 0. The summed E-state index contributed by atoms with van der Waals surface area (Å²) in [5, 5.41) is 0. The zero-order valence-corrected chi connectivity index (χ0v) is 39.0. The zero-order valence-electron chi connectivity index (χ0n) is 24.5. The molecule has 0 aliphatic heterocycles. The van der Waals surface area contributed by atoms with Gasteiger partial charge < -0.3 is 0 Å². The smallest absolute Gasteiger partial charge is 0.0822 e. The third-order valence-electron chi connectivity index (χ3n) is 2.53. The van der Waals surface area contributed by atoms with E-state index in [1.54, 1.807) is 0 Å². The Hall–Kier alpha value is 3.76. The van der Waals surface area contributed by atoms with Crippen LogP contribution < -0.4 is 0 Å². The van der Waals surface area contributed by atoms with E-state index in [-0.39, 0.29) is 43.4 Å². The van der Waals surface area contributed by atoms with Crippen molar-refractivity contribution in [2.45, 2.75) is 125 Å². The molecule has 0 aromatic rings. The molecule has 0 spiro atoms. The first kappa shape index (κ1) is 43.8. The zero-order chi connectivity index (χ0) is 24.9. The van der Waals surface area contributed by atoms with Gasteiger partial charge in [0.15, 0.2) is 0 Å². The fraction of sp³-hybridized carbons (Fsp3) is 1.00. The average Bonchev–Trinajstić information content (AvgIpc) is 2.14. The number of rotatable bonds is 6. The Morgan fingerprint density at radius 3 is 0.800 bits per heavy atom. The molecule has 0 amide bonds. The molecule has 5 radical (unpaired) electrons. The minimum Gasteiger partial charge on any atom is -0.0822 e. The van der Waals surface area contributed by atoms with Crippen LogP contribution in [-0.4, -0.2) is 95.3 Å². The summed E-state index contributed by atoms with van der Waals surface area (Å²) in [5.41, 5.74) is 0. The van der Waals surface area contributed by atoms with Crippen LogP contribution in [0.1, 0.15) is 0 Å². The molecule has 0 saturated carbocycles. The number of halogens is 1. The van der Waals surface area contributed by atoms with E-state index in [0.717, 1.165) is 7.68 Å². The fourth-order valence-corrected chi connectivity index (χ4v) is 84.8. The van der Waals surface area contributed by atoms with Crippen molar-refractivity contribution in [1.29, 1.82) is 0 Å². The second-order valence-corrected chi connectivity index (χ2v) is 69.2. The molecule has 0 N–H and O–H groups in total. The van der Waals surface area contributed by atoms with Crippen molar-refractivity contribution in [3.63, 3.8) is 0 Å². The summed E-state index contributed by atoms with van der Waals surface area (Å²) in [6.07, 6.45) is 0. The van der Waals surface area contributed by atoms with Crippen molar-refractivity contribution in [3.8, 4) is 0 Å². The molecule has 0 rings (SSSR count). The van der Waals surface area contributed by atoms with Crippen molar-refractivity contribution >= 4 is 112 Å². The Morgan fingerprint density at radius 1 is 0.567 bits per heavy atom. The Bertz CT molecular complexity index is 334. The van der Waals surface area contributed by atoms with Crippen LogP contribution in [0.25, 0.3) is 0 Å². The summed E-state index contributed by atoms with van der Waals surface area (Å²) < 4.78 is 2.97. The quantitative estimate of drug-likeness (QED) is 0.187. The summed E-state index contributed by atoms with van der Waals surface area (Å²) in [5.74, 6) is 0. The molecule has 0 aromatic carbocycles. The van der Waals surface area contributed by atoms with Crippen molar-refractivity contribution in [3.05, 3.63) is 0 Å². The van der Waals surface area contributed by atoms with E-state index in [9.17, 15) is 0 Å². The molecule has 10 heteroatoms. The minimum absolute atomic E-state index is 0. The largest absolute Gasteiger partial charge is 0.203 e. The van der Waals surface area contributed by atoms with Gasteiger partial charge in [-0.05, 0) is 39.3 Å². The summed E-state index contributed by atoms with van der Waals surface area (Å²) in [6.45, 7) is 43.3. The fourth-order valence-electron chi connectivity index (χ4n) is 2.70. The van der Waals surface area contributed by atoms with Crippen LogP contribution in [-0.2, 0) is 0 Å². The van der Waals surface area contributed by atoms with E-state index in [1.807, 2.05) is 0 Å². The van der Waals surface area contributed by atoms with Gasteiger partial charge in [0.25, 0.3) is 0 Å². The summed E-state index contributed by atoms with van der Waals surface area (Å²) in [6, 6.07) is 0. The first-order valence-electron chi connectivity index (χ1n) is 11.3. The van der Waals surface area contributed by atoms with Crippen LogP contribution >= 0.6 is 16.3 Å². The van der Waals surface area contributed by atoms with Crippen molar-refractivity contribution in [2.24, 2.45) is 0 Å². The number of hydrogen-bond donors (Lipinski definition) is 0. The van der Waals surface area contributed by atoms with Gasteiger partial charge in [0.1, 0.15) is 0 Å². The Kier molecular flexibility index (Phi) is 30.5. The number of hydrogen-bond acceptors (Lipinski definition) is 0. The standard InChI is InChI=1S/C6H20PSi2.2C4H11Si.2C3H9Si.ClH.2In/c1-8(2,3)7-9(4,5)6;2*1-5(2,3)4;2*1-4(2)3;;;/h7H2,1-6H3;2*1H2,2-4H3;2*1-3H3;1H;;/q+1;;;;;;;+1/p-1. The third-order valence-corrected chi connectivity index (χ3v) is 63.2. The van der Waals surface area contributed by atoms with E-state index >= 15 is 0 Å². The Morgan fingerprint density at radius 2 is 0.733 bits per heavy atom. The summed E-state index contributed by atoms with van der Waals surface area (Å²) >= 11 is -1.52. The topological polar surface area (TPSA) is 0 Å². The molecule has 0 fully saturated rings. The molecule has 0 aromatic heterocycles. The van der Waals surface area contributed by atoms with Crippen LogP contribution in [0.15, 0.2) is 0 Å². The van der Waals surface area contributed by atoms with Crippen LogP contribution in [0.5, 0.6) is 0 Å². The van der Waals surface area contributed by atoms with Gasteiger partial charge in [0.2, 0.25) is 15.5 Å². The predicted molar refractivity (Wildman–Crippen MR) is 177 cm³/mol. The SMILES string of the molecule is C[Si](C)(C)[CH2][In]([Cl])[CH2][Si](C)(C)C.C[Si](C)(C)[PH2+][Si](C)(C)C.C[Si](C)C.C[Si](C)C.[In]. The molecule has 0 saturated heterocycles. The summed E-state index contributed by atoms with van der Waals surface area (Å²) in [7, 11) is 4.65. The minimum atomic E-state index is -1.52. The normalized spacial score (nSPS) is 11.9. The van der Waals surface area contributed by atoms with E-state index in [0.29, 0.717) is 0 Å². The Balaban J connectivity index is -0.000000102. The maximum atomic E-state index is 6.53. The predicted octanol–water partition coefficient (Wildman–Crippen LogP) is 9.40. The van der Waals surface area contributed by atoms with E-state index in [4.69, 9.17) is 8.58 Å². The van der Waals surface area contributed by atoms with Gasteiger partial charge in [-0.1, -0.05) is 47.0 Å². The first-order valence-corrected chi connectivity index (χ1v) is 44.2. The van der Waals surface area contributed by atoms with Crippen molar-refractivity contribution in [1.82, 2.24) is 0 Å². The van der Waals surface area contributed by atoms with E-state index in [2.05, 4.69) is 118 Å². The molecule has 30 heavy (non-hydrogen) atoms. The molecule has 181 valence electrons. The van der Waals surface area contributed by atoms with Crippen LogP contribution in [0.3, 0.4) is 0 Å². The Labute approximate surface area is 234 Å². The van der Waals surface area contributed by atoms with Gasteiger partial charge >= 0.3 is 91.9 Å². The van der Waals surface area contributed by atoms with Crippen molar-refractivity contribution < 1.29 is 0 Å². The molecule has 0 aliphatic carbocycles. The second kappa shape index (κ2) is 20.9. The maximum Gasteiger partial charge on any atom is 0.203 e. The van der Waals surface area contributed by atoms with Gasteiger partial charge in [0, 0.05) is 43.4 Å². The maximum absolute atomic E-state index is 6.53. The van der Waals surface area contributed by atoms with Gasteiger partial charge in [-0.3, -0.25) is 0 Å². The molecule has 0 bridgehead atoms. The van der Waals surface area contributed by atoms with Gasteiger partial charge in [0.05, 0.1) is 0 Å². The third kappa shape index (κ3) is 77.0. The molecule has 0 nitrogen and oxygen atoms in total. The second-order valence-electron chi connectivity index (χ2n) is 14.0. The van der Waals surface area contributed by atoms with Crippen LogP contribution in [0, 0.1) is 0 Å². The van der Waals surface area contributed by atoms with E-state index in [1.165, 1.54) is 7.60 Å². The molecule has 0 heterocycles. The molecule has 0 unspecified atom stereocenters. The molecule has 0 aliphatic rings. The van der Waals surface area contributed by atoms with Gasteiger partial charge in [-0.2, -0.15) is 0 Å².